The molecule has 0 fully saturated rings. The Morgan fingerprint density at radius 1 is 1.64 bits per heavy atom. The van der Waals surface area contributed by atoms with Crippen molar-refractivity contribution in [3.63, 3.8) is 0 Å². The van der Waals surface area contributed by atoms with Gasteiger partial charge in [0.15, 0.2) is 0 Å². The number of halogens is 1. The van der Waals surface area contributed by atoms with Gasteiger partial charge in [-0.1, -0.05) is 0 Å². The fourth-order valence-corrected chi connectivity index (χ4v) is 1.45. The molecule has 0 amide bonds. The van der Waals surface area contributed by atoms with Gasteiger partial charge in [-0.3, -0.25) is 0 Å². The first kappa shape index (κ1) is 11.1. The van der Waals surface area contributed by atoms with E-state index in [9.17, 15) is 4.79 Å². The molecule has 0 atom stereocenters. The van der Waals surface area contributed by atoms with Crippen molar-refractivity contribution in [3.8, 4) is 0 Å². The van der Waals surface area contributed by atoms with Crippen molar-refractivity contribution in [1.82, 2.24) is 9.88 Å². The van der Waals surface area contributed by atoms with Gasteiger partial charge in [-0.25, -0.2) is 9.78 Å². The van der Waals surface area contributed by atoms with Crippen LogP contribution in [-0.4, -0.2) is 36.5 Å². The van der Waals surface area contributed by atoms with Crippen molar-refractivity contribution in [1.29, 1.82) is 0 Å². The molecular weight excluding hydrogens is 244 g/mol. The number of likely N-dealkylation sites (N-methyl/N-ethyl adjacent to an activating group) is 1. The molecule has 0 aliphatic heterocycles. The molecule has 0 radical (unpaired) electrons. The second-order valence-electron chi connectivity index (χ2n) is 3.19. The van der Waals surface area contributed by atoms with Gasteiger partial charge in [-0.05, 0) is 47.7 Å². The smallest absolute Gasteiger partial charge is 0.129 e. The normalized spacial score (nSPS) is 10.0. The van der Waals surface area contributed by atoms with Crippen LogP contribution in [0.4, 0.5) is 0 Å². The molecule has 1 heterocycles. The lowest BCUT2D eigenvalue weighted by molar-refractivity contribution is 0.462. The standard InChI is InChI=1S/C10H11BrN2O/c1-13(2)6-9(7-14)8-3-4-12-10(11)5-8/h3-5H,6H2,1-2H3. The molecule has 4 heteroatoms. The zero-order valence-corrected chi connectivity index (χ0v) is 9.71. The van der Waals surface area contributed by atoms with Gasteiger partial charge in [-0.15, -0.1) is 0 Å². The van der Waals surface area contributed by atoms with Gasteiger partial charge in [0.2, 0.25) is 0 Å². The summed E-state index contributed by atoms with van der Waals surface area (Å²) in [5.41, 5.74) is 1.49. The van der Waals surface area contributed by atoms with E-state index in [0.29, 0.717) is 12.1 Å². The van der Waals surface area contributed by atoms with E-state index in [1.807, 2.05) is 31.0 Å². The molecule has 0 aromatic carbocycles. The van der Waals surface area contributed by atoms with E-state index in [2.05, 4.69) is 20.9 Å². The summed E-state index contributed by atoms with van der Waals surface area (Å²) in [5.74, 6) is 1.95. The van der Waals surface area contributed by atoms with Gasteiger partial charge in [0.05, 0.1) is 5.57 Å². The van der Waals surface area contributed by atoms with Gasteiger partial charge >= 0.3 is 0 Å². The first-order valence-corrected chi connectivity index (χ1v) is 4.93. The van der Waals surface area contributed by atoms with Crippen LogP contribution >= 0.6 is 15.9 Å². The Morgan fingerprint density at radius 2 is 2.36 bits per heavy atom. The highest BCUT2D eigenvalue weighted by Crippen LogP contribution is 2.15. The van der Waals surface area contributed by atoms with Crippen LogP contribution < -0.4 is 0 Å². The van der Waals surface area contributed by atoms with E-state index in [-0.39, 0.29) is 0 Å². The Bertz CT molecular complexity index is 370. The predicted molar refractivity (Wildman–Crippen MR) is 59.6 cm³/mol. The summed E-state index contributed by atoms with van der Waals surface area (Å²) in [6, 6.07) is 3.61. The SMILES string of the molecule is CN(C)CC(=C=O)c1ccnc(Br)c1. The third-order valence-electron chi connectivity index (χ3n) is 1.67. The Labute approximate surface area is 91.6 Å². The van der Waals surface area contributed by atoms with E-state index in [0.717, 1.165) is 10.2 Å². The van der Waals surface area contributed by atoms with Crippen LogP contribution in [0.3, 0.4) is 0 Å². The van der Waals surface area contributed by atoms with Gasteiger partial charge in [0.1, 0.15) is 10.5 Å². The first-order valence-electron chi connectivity index (χ1n) is 4.14. The van der Waals surface area contributed by atoms with Crippen molar-refractivity contribution in [2.75, 3.05) is 20.6 Å². The fourth-order valence-electron chi connectivity index (χ4n) is 1.09. The summed E-state index contributed by atoms with van der Waals surface area (Å²) < 4.78 is 0.724. The average molecular weight is 255 g/mol. The maximum atomic E-state index is 10.7. The van der Waals surface area contributed by atoms with E-state index in [4.69, 9.17) is 0 Å². The topological polar surface area (TPSA) is 33.2 Å². The first-order chi connectivity index (χ1) is 6.63. The monoisotopic (exact) mass is 254 g/mol. The molecule has 0 aliphatic carbocycles. The van der Waals surface area contributed by atoms with E-state index >= 15 is 0 Å². The molecule has 0 aliphatic rings. The Morgan fingerprint density at radius 3 is 2.86 bits per heavy atom. The summed E-state index contributed by atoms with van der Waals surface area (Å²) >= 11 is 3.26. The number of rotatable bonds is 3. The highest BCUT2D eigenvalue weighted by molar-refractivity contribution is 9.10. The third kappa shape index (κ3) is 3.07. The second kappa shape index (κ2) is 5.05. The highest BCUT2D eigenvalue weighted by atomic mass is 79.9. The minimum absolute atomic E-state index is 0.583. The van der Waals surface area contributed by atoms with Crippen LogP contribution in [0.5, 0.6) is 0 Å². The van der Waals surface area contributed by atoms with Gasteiger partial charge < -0.3 is 4.90 Å². The Hall–Kier alpha value is -0.960. The fraction of sp³-hybridized carbons (Fsp3) is 0.300. The number of pyridine rings is 1. The molecular formula is C10H11BrN2O. The summed E-state index contributed by atoms with van der Waals surface area (Å²) in [5, 5.41) is 0. The maximum Gasteiger partial charge on any atom is 0.129 e. The number of aromatic nitrogens is 1. The zero-order valence-electron chi connectivity index (χ0n) is 8.12. The molecule has 0 spiro atoms. The number of hydrogen-bond acceptors (Lipinski definition) is 3. The lowest BCUT2D eigenvalue weighted by Gasteiger charge is -2.10. The van der Waals surface area contributed by atoms with Crippen LogP contribution in [-0.2, 0) is 4.79 Å². The summed E-state index contributed by atoms with van der Waals surface area (Å²) in [6.07, 6.45) is 1.66. The van der Waals surface area contributed by atoms with Crippen molar-refractivity contribution >= 4 is 27.4 Å². The van der Waals surface area contributed by atoms with Gasteiger partial charge in [0.25, 0.3) is 0 Å². The molecule has 0 N–H and O–H groups in total. The highest BCUT2D eigenvalue weighted by Gasteiger charge is 2.04. The quantitative estimate of drug-likeness (QED) is 0.607. The minimum atomic E-state index is 0.583. The number of carbonyl (C=O) groups excluding carboxylic acids is 1. The average Bonchev–Trinajstić information content (AvgIpc) is 2.14. The predicted octanol–water partition coefficient (Wildman–Crippen LogP) is 1.62. The minimum Gasteiger partial charge on any atom is -0.304 e. The van der Waals surface area contributed by atoms with Crippen LogP contribution in [0.15, 0.2) is 22.9 Å². The molecule has 0 bridgehead atoms. The summed E-state index contributed by atoms with van der Waals surface area (Å²) in [6.45, 7) is 0.583. The van der Waals surface area contributed by atoms with E-state index in [1.165, 1.54) is 0 Å². The second-order valence-corrected chi connectivity index (χ2v) is 4.00. The molecule has 1 aromatic rings. The van der Waals surface area contributed by atoms with Crippen LogP contribution in [0.1, 0.15) is 5.56 Å². The third-order valence-corrected chi connectivity index (χ3v) is 2.11. The number of nitrogens with zero attached hydrogens (tertiary/aromatic N) is 2. The molecule has 1 aromatic heterocycles. The molecule has 14 heavy (non-hydrogen) atoms. The lowest BCUT2D eigenvalue weighted by atomic mass is 10.1. The van der Waals surface area contributed by atoms with Crippen molar-refractivity contribution in [2.45, 2.75) is 0 Å². The van der Waals surface area contributed by atoms with Crippen molar-refractivity contribution in [3.05, 3.63) is 28.5 Å². The van der Waals surface area contributed by atoms with Crippen LogP contribution in [0.2, 0.25) is 0 Å². The molecule has 1 rings (SSSR count). The number of hydrogen-bond donors (Lipinski definition) is 0. The molecule has 74 valence electrons. The van der Waals surface area contributed by atoms with Gasteiger partial charge in [-0.2, -0.15) is 0 Å². The Kier molecular flexibility index (Phi) is 4.01. The van der Waals surface area contributed by atoms with Crippen LogP contribution in [0, 0.1) is 0 Å². The molecule has 3 nitrogen and oxygen atoms in total. The zero-order chi connectivity index (χ0) is 10.6. The maximum absolute atomic E-state index is 10.7. The largest absolute Gasteiger partial charge is 0.304 e. The lowest BCUT2D eigenvalue weighted by Crippen LogP contribution is -2.14. The van der Waals surface area contributed by atoms with Crippen molar-refractivity contribution in [2.24, 2.45) is 0 Å². The molecule has 0 saturated heterocycles. The summed E-state index contributed by atoms with van der Waals surface area (Å²) in [7, 11) is 3.82. The Balaban J connectivity index is 2.96. The molecule has 0 unspecified atom stereocenters. The molecule has 0 saturated carbocycles. The van der Waals surface area contributed by atoms with Crippen LogP contribution in [0.25, 0.3) is 5.57 Å². The van der Waals surface area contributed by atoms with E-state index in [1.54, 1.807) is 12.3 Å². The summed E-state index contributed by atoms with van der Waals surface area (Å²) in [4.78, 5) is 16.6. The van der Waals surface area contributed by atoms with Crippen molar-refractivity contribution < 1.29 is 4.79 Å². The van der Waals surface area contributed by atoms with Gasteiger partial charge in [0, 0.05) is 12.7 Å². The van der Waals surface area contributed by atoms with E-state index < -0.39 is 0 Å².